The zero-order chi connectivity index (χ0) is 22.8. The van der Waals surface area contributed by atoms with Gasteiger partial charge >= 0.3 is 11.8 Å². The third kappa shape index (κ3) is 6.70. The number of benzene rings is 3. The summed E-state index contributed by atoms with van der Waals surface area (Å²) in [4.78, 5) is 23.9. The summed E-state index contributed by atoms with van der Waals surface area (Å²) < 4.78 is 11.1. The molecular weight excluding hydrogens is 406 g/mol. The molecule has 32 heavy (non-hydrogen) atoms. The molecule has 0 radical (unpaired) electrons. The highest BCUT2D eigenvalue weighted by Gasteiger charge is 2.12. The lowest BCUT2D eigenvalue weighted by Gasteiger charge is -2.08. The smallest absolute Gasteiger partial charge is 0.329 e. The highest BCUT2D eigenvalue weighted by atomic mass is 16.5. The SMILES string of the molecule is CCOc1ccc(NC(=O)C(=O)N/N=C/c2ccc(OCc3ccccc3C)cc2)cc1. The van der Waals surface area contributed by atoms with Crippen LogP contribution in [0, 0.1) is 6.92 Å². The van der Waals surface area contributed by atoms with Gasteiger partial charge in [-0.2, -0.15) is 5.10 Å². The van der Waals surface area contributed by atoms with Crippen molar-refractivity contribution in [3.05, 3.63) is 89.5 Å². The number of nitrogens with zero attached hydrogens (tertiary/aromatic N) is 1. The first-order valence-corrected chi connectivity index (χ1v) is 10.2. The molecule has 0 heterocycles. The van der Waals surface area contributed by atoms with Gasteiger partial charge in [0.05, 0.1) is 12.8 Å². The van der Waals surface area contributed by atoms with E-state index in [1.807, 2.05) is 62.4 Å². The van der Waals surface area contributed by atoms with E-state index in [1.165, 1.54) is 11.8 Å². The van der Waals surface area contributed by atoms with Crippen molar-refractivity contribution in [2.45, 2.75) is 20.5 Å². The summed E-state index contributed by atoms with van der Waals surface area (Å²) in [6, 6.07) is 22.0. The Labute approximate surface area is 187 Å². The van der Waals surface area contributed by atoms with E-state index in [1.54, 1.807) is 24.3 Å². The molecule has 7 nitrogen and oxygen atoms in total. The summed E-state index contributed by atoms with van der Waals surface area (Å²) in [7, 11) is 0. The number of anilines is 1. The molecule has 0 saturated carbocycles. The molecule has 0 atom stereocenters. The fraction of sp³-hybridized carbons (Fsp3) is 0.160. The van der Waals surface area contributed by atoms with Gasteiger partial charge in [0.2, 0.25) is 0 Å². The Kier molecular flexibility index (Phi) is 7.97. The number of carbonyl (C=O) groups excluding carboxylic acids is 2. The van der Waals surface area contributed by atoms with Gasteiger partial charge in [0.15, 0.2) is 0 Å². The molecule has 0 saturated heterocycles. The zero-order valence-electron chi connectivity index (χ0n) is 18.0. The third-order valence-electron chi connectivity index (χ3n) is 4.54. The van der Waals surface area contributed by atoms with E-state index >= 15 is 0 Å². The molecule has 3 aromatic rings. The number of aryl methyl sites for hydroxylation is 1. The fourth-order valence-corrected chi connectivity index (χ4v) is 2.79. The number of amides is 2. The van der Waals surface area contributed by atoms with Crippen LogP contribution in [0.25, 0.3) is 0 Å². The Balaban J connectivity index is 1.45. The van der Waals surface area contributed by atoms with Crippen molar-refractivity contribution in [2.75, 3.05) is 11.9 Å². The lowest BCUT2D eigenvalue weighted by Crippen LogP contribution is -2.32. The predicted octanol–water partition coefficient (Wildman–Crippen LogP) is 4.06. The lowest BCUT2D eigenvalue weighted by molar-refractivity contribution is -0.136. The van der Waals surface area contributed by atoms with E-state index in [2.05, 4.69) is 15.8 Å². The van der Waals surface area contributed by atoms with Crippen molar-refractivity contribution in [2.24, 2.45) is 5.10 Å². The molecule has 164 valence electrons. The van der Waals surface area contributed by atoms with Crippen LogP contribution in [-0.4, -0.2) is 24.6 Å². The monoisotopic (exact) mass is 431 g/mol. The van der Waals surface area contributed by atoms with Gasteiger partial charge in [-0.25, -0.2) is 5.43 Å². The van der Waals surface area contributed by atoms with Gasteiger partial charge in [-0.15, -0.1) is 0 Å². The van der Waals surface area contributed by atoms with Crippen LogP contribution in [0.3, 0.4) is 0 Å². The van der Waals surface area contributed by atoms with E-state index in [9.17, 15) is 9.59 Å². The Bertz CT molecular complexity index is 1080. The summed E-state index contributed by atoms with van der Waals surface area (Å²) in [5, 5.41) is 6.33. The summed E-state index contributed by atoms with van der Waals surface area (Å²) in [5.41, 5.74) is 5.76. The Morgan fingerprint density at radius 2 is 1.53 bits per heavy atom. The number of hydrogen-bond acceptors (Lipinski definition) is 5. The predicted molar refractivity (Wildman–Crippen MR) is 124 cm³/mol. The van der Waals surface area contributed by atoms with Crippen molar-refractivity contribution >= 4 is 23.7 Å². The Hall–Kier alpha value is -4.13. The highest BCUT2D eigenvalue weighted by Crippen LogP contribution is 2.16. The standard InChI is InChI=1S/C25H25N3O4/c1-3-31-22-14-10-21(11-15-22)27-24(29)25(30)28-26-16-19-8-12-23(13-9-19)32-17-20-7-5-4-6-18(20)2/h4-16H,3,17H2,1-2H3,(H,27,29)(H,28,30)/b26-16+. The number of rotatable bonds is 8. The normalized spacial score (nSPS) is 10.6. The number of hydrazone groups is 1. The number of nitrogens with one attached hydrogen (secondary N) is 2. The minimum atomic E-state index is -0.867. The first kappa shape index (κ1) is 22.6. The van der Waals surface area contributed by atoms with Gasteiger partial charge in [0, 0.05) is 5.69 Å². The third-order valence-corrected chi connectivity index (χ3v) is 4.54. The summed E-state index contributed by atoms with van der Waals surface area (Å²) in [6.45, 7) is 4.97. The van der Waals surface area contributed by atoms with Gasteiger partial charge in [-0.1, -0.05) is 24.3 Å². The van der Waals surface area contributed by atoms with Crippen LogP contribution in [0.2, 0.25) is 0 Å². The van der Waals surface area contributed by atoms with E-state index in [0.717, 1.165) is 16.9 Å². The van der Waals surface area contributed by atoms with Crippen LogP contribution in [0.5, 0.6) is 11.5 Å². The molecule has 0 aliphatic carbocycles. The van der Waals surface area contributed by atoms with E-state index < -0.39 is 11.8 Å². The molecule has 0 aromatic heterocycles. The molecular formula is C25H25N3O4. The largest absolute Gasteiger partial charge is 0.494 e. The lowest BCUT2D eigenvalue weighted by atomic mass is 10.1. The van der Waals surface area contributed by atoms with Gasteiger partial charge in [-0.05, 0) is 79.1 Å². The van der Waals surface area contributed by atoms with Gasteiger partial charge in [0.25, 0.3) is 0 Å². The Morgan fingerprint density at radius 3 is 2.22 bits per heavy atom. The van der Waals surface area contributed by atoms with Crippen molar-refractivity contribution < 1.29 is 19.1 Å². The minimum Gasteiger partial charge on any atom is -0.494 e. The molecule has 0 bridgehead atoms. The Morgan fingerprint density at radius 1 is 0.875 bits per heavy atom. The first-order chi connectivity index (χ1) is 15.5. The summed E-state index contributed by atoms with van der Waals surface area (Å²) in [6.07, 6.45) is 1.45. The van der Waals surface area contributed by atoms with Crippen LogP contribution < -0.4 is 20.2 Å². The van der Waals surface area contributed by atoms with Crippen LogP contribution >= 0.6 is 0 Å². The number of carbonyl (C=O) groups is 2. The van der Waals surface area contributed by atoms with Gasteiger partial charge in [-0.3, -0.25) is 9.59 Å². The van der Waals surface area contributed by atoms with Crippen molar-refractivity contribution in [3.63, 3.8) is 0 Å². The molecule has 2 N–H and O–H groups in total. The average molecular weight is 431 g/mol. The zero-order valence-corrected chi connectivity index (χ0v) is 18.0. The van der Waals surface area contributed by atoms with E-state index in [-0.39, 0.29) is 0 Å². The molecule has 2 amide bonds. The molecule has 0 aliphatic rings. The maximum Gasteiger partial charge on any atom is 0.329 e. The molecule has 3 aromatic carbocycles. The highest BCUT2D eigenvalue weighted by molar-refractivity contribution is 6.39. The molecule has 7 heteroatoms. The van der Waals surface area contributed by atoms with E-state index in [4.69, 9.17) is 9.47 Å². The maximum absolute atomic E-state index is 12.0. The fourth-order valence-electron chi connectivity index (χ4n) is 2.79. The van der Waals surface area contributed by atoms with Crippen molar-refractivity contribution in [3.8, 4) is 11.5 Å². The van der Waals surface area contributed by atoms with Crippen LogP contribution in [-0.2, 0) is 16.2 Å². The summed E-state index contributed by atoms with van der Waals surface area (Å²) >= 11 is 0. The maximum atomic E-state index is 12.0. The topological polar surface area (TPSA) is 89.0 Å². The average Bonchev–Trinajstić information content (AvgIpc) is 2.81. The number of ether oxygens (including phenoxy) is 2. The molecule has 0 fully saturated rings. The van der Waals surface area contributed by atoms with Crippen LogP contribution in [0.1, 0.15) is 23.6 Å². The van der Waals surface area contributed by atoms with E-state index in [0.29, 0.717) is 24.7 Å². The second kappa shape index (κ2) is 11.3. The van der Waals surface area contributed by atoms with Crippen LogP contribution in [0.15, 0.2) is 77.9 Å². The van der Waals surface area contributed by atoms with Crippen molar-refractivity contribution in [1.29, 1.82) is 0 Å². The number of hydrogen-bond donors (Lipinski definition) is 2. The molecule has 3 rings (SSSR count). The molecule has 0 aliphatic heterocycles. The van der Waals surface area contributed by atoms with Crippen LogP contribution in [0.4, 0.5) is 5.69 Å². The van der Waals surface area contributed by atoms with Gasteiger partial charge in [0.1, 0.15) is 18.1 Å². The second-order valence-electron chi connectivity index (χ2n) is 6.89. The van der Waals surface area contributed by atoms with Crippen molar-refractivity contribution in [1.82, 2.24) is 5.43 Å². The molecule has 0 spiro atoms. The minimum absolute atomic E-state index is 0.485. The second-order valence-corrected chi connectivity index (χ2v) is 6.89. The molecule has 0 unspecified atom stereocenters. The van der Waals surface area contributed by atoms with Gasteiger partial charge < -0.3 is 14.8 Å². The summed E-state index contributed by atoms with van der Waals surface area (Å²) in [5.74, 6) is -0.269. The first-order valence-electron chi connectivity index (χ1n) is 10.2. The quantitative estimate of drug-likeness (QED) is 0.320.